The number of imidazole rings is 1. The number of rotatable bonds is 4. The minimum atomic E-state index is -0.588. The number of hydrogen-bond donors (Lipinski definition) is 4. The highest BCUT2D eigenvalue weighted by molar-refractivity contribution is 9.10. The normalized spacial score (nSPS) is 10.6. The average molecular weight is 315 g/mol. The molecule has 7 nitrogen and oxygen atoms in total. The second-order valence-corrected chi connectivity index (χ2v) is 4.31. The fourth-order valence-corrected chi connectivity index (χ4v) is 2.15. The van der Waals surface area contributed by atoms with Crippen LogP contribution in [0.5, 0.6) is 0 Å². The lowest BCUT2D eigenvalue weighted by Gasteiger charge is -2.05. The summed E-state index contributed by atoms with van der Waals surface area (Å²) in [4.78, 5) is 15.2. The van der Waals surface area contributed by atoms with E-state index in [1.165, 1.54) is 5.48 Å². The number of aliphatic hydroxyl groups excluding tert-OH is 1. The monoisotopic (exact) mass is 314 g/mol. The fraction of sp³-hybridized carbons (Fsp3) is 0.200. The van der Waals surface area contributed by atoms with Crippen LogP contribution in [0.25, 0.3) is 5.65 Å². The van der Waals surface area contributed by atoms with E-state index in [0.717, 1.165) is 4.60 Å². The SMILES string of the molecule is O=C(CNc1nc2cccc(Br)n2c1CO)NO. The van der Waals surface area contributed by atoms with E-state index in [1.54, 1.807) is 10.5 Å². The number of hydrogen-bond acceptors (Lipinski definition) is 5. The molecule has 2 rings (SSSR count). The number of carbonyl (C=O) groups excluding carboxylic acids is 1. The molecule has 0 saturated heterocycles. The second kappa shape index (κ2) is 5.34. The molecule has 0 aliphatic heterocycles. The van der Waals surface area contributed by atoms with E-state index in [4.69, 9.17) is 5.21 Å². The van der Waals surface area contributed by atoms with Gasteiger partial charge >= 0.3 is 0 Å². The number of nitrogens with zero attached hydrogens (tertiary/aromatic N) is 2. The summed E-state index contributed by atoms with van der Waals surface area (Å²) in [7, 11) is 0. The predicted molar refractivity (Wildman–Crippen MR) is 67.2 cm³/mol. The van der Waals surface area contributed by atoms with E-state index >= 15 is 0 Å². The molecule has 0 unspecified atom stereocenters. The first-order chi connectivity index (χ1) is 8.67. The van der Waals surface area contributed by atoms with Crippen LogP contribution in [0.2, 0.25) is 0 Å². The van der Waals surface area contributed by atoms with E-state index in [1.807, 2.05) is 12.1 Å². The van der Waals surface area contributed by atoms with Gasteiger partial charge in [0.2, 0.25) is 0 Å². The first kappa shape index (κ1) is 12.8. The number of nitrogens with one attached hydrogen (secondary N) is 2. The summed E-state index contributed by atoms with van der Waals surface area (Å²) in [6.07, 6.45) is 0. The lowest BCUT2D eigenvalue weighted by atomic mass is 10.4. The van der Waals surface area contributed by atoms with Gasteiger partial charge in [-0.25, -0.2) is 10.5 Å². The van der Waals surface area contributed by atoms with Crippen molar-refractivity contribution in [3.8, 4) is 0 Å². The third-order valence-corrected chi connectivity index (χ3v) is 3.00. The molecule has 1 amide bonds. The Kier molecular flexibility index (Phi) is 3.80. The Hall–Kier alpha value is -1.64. The number of halogens is 1. The van der Waals surface area contributed by atoms with Crippen LogP contribution in [0.3, 0.4) is 0 Å². The summed E-state index contributed by atoms with van der Waals surface area (Å²) >= 11 is 3.36. The third kappa shape index (κ3) is 2.30. The highest BCUT2D eigenvalue weighted by atomic mass is 79.9. The van der Waals surface area contributed by atoms with Gasteiger partial charge in [-0.15, -0.1) is 0 Å². The quantitative estimate of drug-likeness (QED) is 0.374. The number of amides is 1. The molecule has 0 aliphatic carbocycles. The predicted octanol–water partition coefficient (Wildman–Crippen LogP) is 0.506. The van der Waals surface area contributed by atoms with E-state index < -0.39 is 5.91 Å². The molecule has 0 bridgehead atoms. The number of hydroxylamine groups is 1. The molecule has 0 atom stereocenters. The maximum atomic E-state index is 10.9. The lowest BCUT2D eigenvalue weighted by Crippen LogP contribution is -2.27. The first-order valence-electron chi connectivity index (χ1n) is 5.11. The third-order valence-electron chi connectivity index (χ3n) is 2.38. The molecule has 0 spiro atoms. The van der Waals surface area contributed by atoms with Crippen LogP contribution in [0.15, 0.2) is 22.8 Å². The molecule has 2 aromatic rings. The molecule has 4 N–H and O–H groups in total. The van der Waals surface area contributed by atoms with Gasteiger partial charge in [0.15, 0.2) is 5.82 Å². The zero-order chi connectivity index (χ0) is 13.1. The fourth-order valence-electron chi connectivity index (χ4n) is 1.60. The molecule has 0 fully saturated rings. The van der Waals surface area contributed by atoms with Crippen LogP contribution in [0.1, 0.15) is 5.69 Å². The zero-order valence-electron chi connectivity index (χ0n) is 9.22. The molecule has 8 heteroatoms. The van der Waals surface area contributed by atoms with Crippen molar-refractivity contribution in [1.29, 1.82) is 0 Å². The highest BCUT2D eigenvalue weighted by Gasteiger charge is 2.13. The van der Waals surface area contributed by atoms with Gasteiger partial charge in [0, 0.05) is 0 Å². The number of aliphatic hydroxyl groups is 1. The number of pyridine rings is 1. The second-order valence-electron chi connectivity index (χ2n) is 3.50. The van der Waals surface area contributed by atoms with Crippen molar-refractivity contribution in [2.45, 2.75) is 6.61 Å². The lowest BCUT2D eigenvalue weighted by molar-refractivity contribution is -0.127. The Morgan fingerprint density at radius 1 is 1.50 bits per heavy atom. The van der Waals surface area contributed by atoms with Gasteiger partial charge in [-0.3, -0.25) is 14.4 Å². The number of anilines is 1. The van der Waals surface area contributed by atoms with Crippen molar-refractivity contribution in [1.82, 2.24) is 14.9 Å². The van der Waals surface area contributed by atoms with Crippen molar-refractivity contribution >= 4 is 33.3 Å². The van der Waals surface area contributed by atoms with Crippen LogP contribution in [0, 0.1) is 0 Å². The summed E-state index contributed by atoms with van der Waals surface area (Å²) in [5.41, 5.74) is 2.68. The van der Waals surface area contributed by atoms with Gasteiger partial charge < -0.3 is 10.4 Å². The molecule has 0 aliphatic rings. The van der Waals surface area contributed by atoms with Crippen LogP contribution in [0.4, 0.5) is 5.82 Å². The van der Waals surface area contributed by atoms with Crippen molar-refractivity contribution in [3.05, 3.63) is 28.5 Å². The van der Waals surface area contributed by atoms with E-state index in [-0.39, 0.29) is 13.2 Å². The Balaban J connectivity index is 2.38. The van der Waals surface area contributed by atoms with Crippen molar-refractivity contribution in [2.24, 2.45) is 0 Å². The van der Waals surface area contributed by atoms with Gasteiger partial charge in [-0.2, -0.15) is 0 Å². The highest BCUT2D eigenvalue weighted by Crippen LogP contribution is 2.22. The Labute approximate surface area is 111 Å². The van der Waals surface area contributed by atoms with Gasteiger partial charge in [0.05, 0.1) is 23.4 Å². The summed E-state index contributed by atoms with van der Waals surface area (Å²) in [6, 6.07) is 5.41. The first-order valence-corrected chi connectivity index (χ1v) is 5.90. The molecule has 2 heterocycles. The summed E-state index contributed by atoms with van der Waals surface area (Å²) in [6.45, 7) is -0.363. The molecular formula is C10H11BrN4O3. The van der Waals surface area contributed by atoms with Crippen molar-refractivity contribution < 1.29 is 15.1 Å². The molecule has 0 aromatic carbocycles. The summed E-state index contributed by atoms with van der Waals surface area (Å²) in [5, 5.41) is 20.5. The minimum Gasteiger partial charge on any atom is -0.390 e. The Morgan fingerprint density at radius 3 is 2.94 bits per heavy atom. The average Bonchev–Trinajstić information content (AvgIpc) is 2.74. The van der Waals surface area contributed by atoms with Gasteiger partial charge in [-0.05, 0) is 28.1 Å². The molecular weight excluding hydrogens is 304 g/mol. The number of carbonyl (C=O) groups is 1. The molecule has 96 valence electrons. The molecule has 2 aromatic heterocycles. The van der Waals surface area contributed by atoms with Crippen molar-refractivity contribution in [2.75, 3.05) is 11.9 Å². The van der Waals surface area contributed by atoms with E-state index in [2.05, 4.69) is 26.2 Å². The maximum absolute atomic E-state index is 10.9. The van der Waals surface area contributed by atoms with Crippen molar-refractivity contribution in [3.63, 3.8) is 0 Å². The topological polar surface area (TPSA) is 98.9 Å². The van der Waals surface area contributed by atoms with Gasteiger partial charge in [0.1, 0.15) is 5.65 Å². The summed E-state index contributed by atoms with van der Waals surface area (Å²) < 4.78 is 2.47. The van der Waals surface area contributed by atoms with E-state index in [9.17, 15) is 9.90 Å². The van der Waals surface area contributed by atoms with Crippen LogP contribution in [-0.4, -0.2) is 32.2 Å². The van der Waals surface area contributed by atoms with Crippen LogP contribution in [-0.2, 0) is 11.4 Å². The standard InChI is InChI=1S/C10H11BrN4O3/c11-7-2-1-3-8-13-10(6(5-16)15(7)8)12-4-9(17)14-18/h1-3,12,16,18H,4-5H2,(H,14,17). The van der Waals surface area contributed by atoms with Gasteiger partial charge in [-0.1, -0.05) is 6.07 Å². The van der Waals surface area contributed by atoms with Gasteiger partial charge in [0.25, 0.3) is 5.91 Å². The largest absolute Gasteiger partial charge is 0.390 e. The van der Waals surface area contributed by atoms with E-state index in [0.29, 0.717) is 17.2 Å². The smallest absolute Gasteiger partial charge is 0.262 e. The number of aromatic nitrogens is 2. The van der Waals surface area contributed by atoms with Crippen LogP contribution >= 0.6 is 15.9 Å². The Morgan fingerprint density at radius 2 is 2.28 bits per heavy atom. The number of fused-ring (bicyclic) bond motifs is 1. The summed E-state index contributed by atoms with van der Waals surface area (Å²) in [5.74, 6) is -0.192. The van der Waals surface area contributed by atoms with Crippen LogP contribution < -0.4 is 10.8 Å². The Bertz CT molecular complexity index is 584. The maximum Gasteiger partial charge on any atom is 0.262 e. The molecule has 0 radical (unpaired) electrons. The zero-order valence-corrected chi connectivity index (χ0v) is 10.8. The minimum absolute atomic E-state index is 0.134. The molecule has 0 saturated carbocycles. The molecule has 18 heavy (non-hydrogen) atoms.